The van der Waals surface area contributed by atoms with Crippen LogP contribution in [0.4, 0.5) is 0 Å². The smallest absolute Gasteiger partial charge is 0.327 e. The molecule has 3 nitrogen and oxygen atoms in total. The highest BCUT2D eigenvalue weighted by molar-refractivity contribution is 5.83. The van der Waals surface area contributed by atoms with Gasteiger partial charge in [0.2, 0.25) is 0 Å². The van der Waals surface area contributed by atoms with Gasteiger partial charge in [0, 0.05) is 18.9 Å². The lowest BCUT2D eigenvalue weighted by molar-refractivity contribution is -0.131. The molecular weight excluding hydrogens is 168 g/mol. The second-order valence-electron chi connectivity index (χ2n) is 2.94. The minimum atomic E-state index is -0.999. The predicted molar refractivity (Wildman–Crippen MR) is 50.5 cm³/mol. The van der Waals surface area contributed by atoms with Crippen LogP contribution in [0, 0.1) is 0 Å². The predicted octanol–water partition coefficient (Wildman–Crippen LogP) is 2.17. The third kappa shape index (κ3) is 8.79. The molecular formula is C10H16O3. The van der Waals surface area contributed by atoms with Crippen LogP contribution in [0.5, 0.6) is 0 Å². The maximum Gasteiger partial charge on any atom is 0.327 e. The summed E-state index contributed by atoms with van der Waals surface area (Å²) in [5.74, 6) is -0.882. The zero-order valence-electron chi connectivity index (χ0n) is 7.95. The van der Waals surface area contributed by atoms with Crippen molar-refractivity contribution < 1.29 is 14.7 Å². The van der Waals surface area contributed by atoms with Crippen LogP contribution < -0.4 is 0 Å². The number of rotatable bonds is 7. The lowest BCUT2D eigenvalue weighted by Crippen LogP contribution is -1.96. The Morgan fingerprint density at radius 1 is 1.31 bits per heavy atom. The maximum absolute atomic E-state index is 11.1. The van der Waals surface area contributed by atoms with Crippen molar-refractivity contribution in [2.24, 2.45) is 0 Å². The van der Waals surface area contributed by atoms with E-state index >= 15 is 0 Å². The van der Waals surface area contributed by atoms with Crippen molar-refractivity contribution in [3.05, 3.63) is 12.2 Å². The Morgan fingerprint density at radius 2 is 2.00 bits per heavy atom. The zero-order chi connectivity index (χ0) is 10.1. The Balaban J connectivity index is 3.46. The van der Waals surface area contributed by atoms with Crippen LogP contribution in [-0.2, 0) is 9.59 Å². The third-order valence-corrected chi connectivity index (χ3v) is 1.67. The molecule has 0 heterocycles. The molecule has 13 heavy (non-hydrogen) atoms. The first-order valence-electron chi connectivity index (χ1n) is 4.58. The highest BCUT2D eigenvalue weighted by atomic mass is 16.4. The van der Waals surface area contributed by atoms with E-state index in [9.17, 15) is 9.59 Å². The topological polar surface area (TPSA) is 54.4 Å². The van der Waals surface area contributed by atoms with Gasteiger partial charge in [-0.1, -0.05) is 25.8 Å². The van der Waals surface area contributed by atoms with Gasteiger partial charge < -0.3 is 5.11 Å². The molecule has 0 aliphatic carbocycles. The molecule has 0 aliphatic rings. The molecule has 0 fully saturated rings. The Kier molecular flexibility index (Phi) is 6.88. The summed E-state index contributed by atoms with van der Waals surface area (Å²) in [6.07, 6.45) is 6.30. The first-order valence-corrected chi connectivity index (χ1v) is 4.58. The normalized spacial score (nSPS) is 10.5. The van der Waals surface area contributed by atoms with E-state index in [1.165, 1.54) is 6.08 Å². The summed E-state index contributed by atoms with van der Waals surface area (Å²) in [4.78, 5) is 21.1. The number of hydrogen-bond acceptors (Lipinski definition) is 2. The number of Topliss-reactive ketones (excluding diaryl/α,β-unsaturated/α-hetero) is 1. The van der Waals surface area contributed by atoms with E-state index in [1.54, 1.807) is 0 Å². The molecule has 0 aromatic heterocycles. The van der Waals surface area contributed by atoms with Crippen LogP contribution >= 0.6 is 0 Å². The molecule has 0 aromatic rings. The molecule has 0 saturated heterocycles. The van der Waals surface area contributed by atoms with Gasteiger partial charge in [0.05, 0.1) is 0 Å². The van der Waals surface area contributed by atoms with Crippen molar-refractivity contribution >= 4 is 11.8 Å². The third-order valence-electron chi connectivity index (χ3n) is 1.67. The monoisotopic (exact) mass is 184 g/mol. The molecule has 74 valence electrons. The number of hydrogen-bond donors (Lipinski definition) is 1. The van der Waals surface area contributed by atoms with E-state index in [-0.39, 0.29) is 12.2 Å². The molecule has 0 rings (SSSR count). The fraction of sp³-hybridized carbons (Fsp3) is 0.600. The van der Waals surface area contributed by atoms with Gasteiger partial charge in [-0.25, -0.2) is 4.79 Å². The summed E-state index contributed by atoms with van der Waals surface area (Å²) in [6, 6.07) is 0. The molecule has 0 spiro atoms. The number of ketones is 1. The second-order valence-corrected chi connectivity index (χ2v) is 2.94. The zero-order valence-corrected chi connectivity index (χ0v) is 7.95. The van der Waals surface area contributed by atoms with E-state index in [0.717, 1.165) is 25.3 Å². The minimum Gasteiger partial charge on any atom is -0.478 e. The number of carbonyl (C=O) groups excluding carboxylic acids is 1. The van der Waals surface area contributed by atoms with Gasteiger partial charge >= 0.3 is 5.97 Å². The van der Waals surface area contributed by atoms with Gasteiger partial charge in [0.25, 0.3) is 0 Å². The highest BCUT2D eigenvalue weighted by Gasteiger charge is 1.98. The molecule has 0 atom stereocenters. The van der Waals surface area contributed by atoms with Crippen LogP contribution in [0.2, 0.25) is 0 Å². The first kappa shape index (κ1) is 11.9. The number of carbonyl (C=O) groups is 2. The van der Waals surface area contributed by atoms with Crippen LogP contribution in [0.3, 0.4) is 0 Å². The fourth-order valence-electron chi connectivity index (χ4n) is 0.965. The molecule has 0 unspecified atom stereocenters. The summed E-state index contributed by atoms with van der Waals surface area (Å²) in [6.45, 7) is 2.08. The van der Waals surface area contributed by atoms with Crippen molar-refractivity contribution in [1.82, 2.24) is 0 Å². The van der Waals surface area contributed by atoms with Gasteiger partial charge in [-0.3, -0.25) is 4.79 Å². The number of unbranched alkanes of at least 4 members (excludes halogenated alkanes) is 2. The summed E-state index contributed by atoms with van der Waals surface area (Å²) in [7, 11) is 0. The fourth-order valence-corrected chi connectivity index (χ4v) is 0.965. The van der Waals surface area contributed by atoms with Gasteiger partial charge in [-0.15, -0.1) is 0 Å². The molecule has 0 radical (unpaired) electrons. The summed E-state index contributed by atoms with van der Waals surface area (Å²) in [5.41, 5.74) is 0. The van der Waals surface area contributed by atoms with Crippen molar-refractivity contribution in [3.8, 4) is 0 Å². The standard InChI is InChI=1S/C10H16O3/c1-2-3-4-6-9(11)7-5-8-10(12)13/h5,8H,2-4,6-7H2,1H3,(H,12,13). The van der Waals surface area contributed by atoms with E-state index in [1.807, 2.05) is 0 Å². The van der Waals surface area contributed by atoms with Crippen molar-refractivity contribution in [2.75, 3.05) is 0 Å². The van der Waals surface area contributed by atoms with Crippen LogP contribution in [0.25, 0.3) is 0 Å². The molecule has 0 aromatic carbocycles. The number of aliphatic carboxylic acids is 1. The Morgan fingerprint density at radius 3 is 2.54 bits per heavy atom. The van der Waals surface area contributed by atoms with E-state index < -0.39 is 5.97 Å². The van der Waals surface area contributed by atoms with Gasteiger partial charge in [-0.05, 0) is 6.42 Å². The highest BCUT2D eigenvalue weighted by Crippen LogP contribution is 2.02. The quantitative estimate of drug-likeness (QED) is 0.487. The molecule has 0 saturated carbocycles. The lowest BCUT2D eigenvalue weighted by atomic mass is 10.1. The van der Waals surface area contributed by atoms with E-state index in [0.29, 0.717) is 6.42 Å². The SMILES string of the molecule is CCCCCC(=O)CC=CC(=O)O. The van der Waals surface area contributed by atoms with E-state index in [2.05, 4.69) is 6.92 Å². The maximum atomic E-state index is 11.1. The molecule has 1 N–H and O–H groups in total. The molecule has 0 amide bonds. The first-order chi connectivity index (χ1) is 6.16. The summed E-state index contributed by atoms with van der Waals surface area (Å²) >= 11 is 0. The number of carboxylic acids is 1. The van der Waals surface area contributed by atoms with Gasteiger partial charge in [-0.2, -0.15) is 0 Å². The lowest BCUT2D eigenvalue weighted by Gasteiger charge is -1.95. The van der Waals surface area contributed by atoms with Crippen molar-refractivity contribution in [1.29, 1.82) is 0 Å². The molecule has 0 bridgehead atoms. The average Bonchev–Trinajstić information content (AvgIpc) is 2.04. The van der Waals surface area contributed by atoms with E-state index in [4.69, 9.17) is 5.11 Å². The van der Waals surface area contributed by atoms with Crippen LogP contribution in [-0.4, -0.2) is 16.9 Å². The summed E-state index contributed by atoms with van der Waals surface area (Å²) < 4.78 is 0. The molecule has 3 heteroatoms. The number of carboxylic acid groups (broad SMARTS) is 1. The summed E-state index contributed by atoms with van der Waals surface area (Å²) in [5, 5.41) is 8.24. The van der Waals surface area contributed by atoms with Crippen molar-refractivity contribution in [3.63, 3.8) is 0 Å². The minimum absolute atomic E-state index is 0.117. The largest absolute Gasteiger partial charge is 0.478 e. The number of allylic oxidation sites excluding steroid dienone is 1. The van der Waals surface area contributed by atoms with Gasteiger partial charge in [0.1, 0.15) is 5.78 Å². The average molecular weight is 184 g/mol. The Bertz CT molecular complexity index is 194. The van der Waals surface area contributed by atoms with Crippen LogP contribution in [0.15, 0.2) is 12.2 Å². The van der Waals surface area contributed by atoms with Gasteiger partial charge in [0.15, 0.2) is 0 Å². The Labute approximate surface area is 78.5 Å². The second kappa shape index (κ2) is 7.53. The van der Waals surface area contributed by atoms with Crippen LogP contribution in [0.1, 0.15) is 39.0 Å². The van der Waals surface area contributed by atoms with Crippen molar-refractivity contribution in [2.45, 2.75) is 39.0 Å². The molecule has 0 aliphatic heterocycles. The Hall–Kier alpha value is -1.12.